The number of fused-ring (bicyclic) bond motifs is 5. The molecule has 15 nitrogen and oxygen atoms in total. The van der Waals surface area contributed by atoms with Gasteiger partial charge in [-0.25, -0.2) is 9.59 Å². The van der Waals surface area contributed by atoms with Gasteiger partial charge < -0.3 is 44.3 Å². The van der Waals surface area contributed by atoms with Gasteiger partial charge in [-0.05, 0) is 48.3 Å². The molecule has 3 aliphatic carbocycles. The first kappa shape index (κ1) is 45.3. The lowest BCUT2D eigenvalue weighted by atomic mass is 9.44. The molecule has 3 aromatic rings. The van der Waals surface area contributed by atoms with Gasteiger partial charge in [0, 0.05) is 32.1 Å². The number of hydrogen-bond donors (Lipinski definition) is 4. The van der Waals surface area contributed by atoms with Gasteiger partial charge in [-0.1, -0.05) is 92.7 Å². The van der Waals surface area contributed by atoms with Crippen LogP contribution in [0.1, 0.15) is 81.9 Å². The van der Waals surface area contributed by atoms with Gasteiger partial charge >= 0.3 is 23.9 Å². The van der Waals surface area contributed by atoms with Crippen molar-refractivity contribution in [3.05, 3.63) is 119 Å². The monoisotopic (exact) mass is 867 g/mol. The van der Waals surface area contributed by atoms with Crippen LogP contribution < -0.4 is 5.32 Å². The second-order valence-electron chi connectivity index (χ2n) is 17.7. The average molecular weight is 868 g/mol. The van der Waals surface area contributed by atoms with E-state index in [0.29, 0.717) is 11.1 Å². The van der Waals surface area contributed by atoms with E-state index in [1.807, 2.05) is 0 Å². The predicted octanol–water partition coefficient (Wildman–Crippen LogP) is 3.66. The molecule has 0 unspecified atom stereocenters. The first-order chi connectivity index (χ1) is 29.8. The summed E-state index contributed by atoms with van der Waals surface area (Å²) in [6, 6.07) is 23.7. The van der Waals surface area contributed by atoms with Gasteiger partial charge in [0.25, 0.3) is 0 Å². The zero-order valence-electron chi connectivity index (χ0n) is 35.9. The molecule has 2 saturated carbocycles. The molecule has 1 amide bonds. The Balaban J connectivity index is 1.37. The summed E-state index contributed by atoms with van der Waals surface area (Å²) in [5.41, 5.74) is -6.56. The minimum Gasteiger partial charge on any atom is -0.456 e. The summed E-state index contributed by atoms with van der Waals surface area (Å²) in [7, 11) is 0. The summed E-state index contributed by atoms with van der Waals surface area (Å²) in [6.45, 7) is 7.99. The molecule has 4 aliphatic rings. The molecule has 1 saturated heterocycles. The Kier molecular flexibility index (Phi) is 12.3. The number of Topliss-reactive ketones (excluding diaryl/α,β-unsaturated/α-hetero) is 1. The van der Waals surface area contributed by atoms with E-state index in [1.54, 1.807) is 92.7 Å². The maximum atomic E-state index is 15.5. The minimum absolute atomic E-state index is 0.000618. The first-order valence-corrected chi connectivity index (χ1v) is 20.9. The van der Waals surface area contributed by atoms with Gasteiger partial charge in [-0.3, -0.25) is 19.2 Å². The van der Waals surface area contributed by atoms with Crippen LogP contribution in [0.2, 0.25) is 0 Å². The van der Waals surface area contributed by atoms with Crippen molar-refractivity contribution in [3.8, 4) is 0 Å². The highest BCUT2D eigenvalue weighted by atomic mass is 16.6. The van der Waals surface area contributed by atoms with Crippen LogP contribution in [0.3, 0.4) is 0 Å². The number of carbonyl (C=O) groups excluding carboxylic acids is 6. The minimum atomic E-state index is -2.39. The SMILES string of the molecule is CC(=O)O[C@H]1C(=O)[C@@]2(C)[C@H]([C@H](OC(=O)c3ccccc3)[C@@]3(O)C[C@@H](OC(=O)[C@H](O)[C@@H](NC(=O)Cc4ccccc4)c4ccccc4)C(C)=C1C3(C)C)[C@]1(OC(C)=O)CO[C@H]1C[C@@H]2O. The van der Waals surface area contributed by atoms with Crippen LogP contribution in [0.4, 0.5) is 0 Å². The second-order valence-corrected chi connectivity index (χ2v) is 17.7. The normalized spacial score (nSPS) is 31.5. The average Bonchev–Trinajstić information content (AvgIpc) is 3.24. The highest BCUT2D eigenvalue weighted by Crippen LogP contribution is 2.64. The molecule has 0 radical (unpaired) electrons. The van der Waals surface area contributed by atoms with E-state index >= 15 is 4.79 Å². The van der Waals surface area contributed by atoms with Crippen molar-refractivity contribution in [1.82, 2.24) is 5.32 Å². The number of rotatable bonds is 11. The molecule has 7 rings (SSSR count). The number of nitrogens with one attached hydrogen (secondary N) is 1. The molecule has 11 atom stereocenters. The van der Waals surface area contributed by atoms with E-state index in [9.17, 15) is 39.3 Å². The molecule has 0 aromatic heterocycles. The van der Waals surface area contributed by atoms with Crippen molar-refractivity contribution in [1.29, 1.82) is 0 Å². The van der Waals surface area contributed by atoms with Crippen LogP contribution in [0.5, 0.6) is 0 Å². The van der Waals surface area contributed by atoms with Crippen LogP contribution in [-0.2, 0) is 54.1 Å². The Hall–Kier alpha value is -5.74. The zero-order chi connectivity index (χ0) is 45.6. The molecule has 4 N–H and O–H groups in total. The third-order valence-electron chi connectivity index (χ3n) is 13.7. The van der Waals surface area contributed by atoms with Crippen LogP contribution in [0.25, 0.3) is 0 Å². The van der Waals surface area contributed by atoms with E-state index in [2.05, 4.69) is 5.32 Å². The fraction of sp³-hybridized carbons (Fsp3) is 0.458. The predicted molar refractivity (Wildman–Crippen MR) is 222 cm³/mol. The van der Waals surface area contributed by atoms with E-state index in [1.165, 1.54) is 26.0 Å². The fourth-order valence-electron chi connectivity index (χ4n) is 10.4. The van der Waals surface area contributed by atoms with Crippen molar-refractivity contribution in [2.45, 2.75) is 115 Å². The van der Waals surface area contributed by atoms with Crippen molar-refractivity contribution in [2.75, 3.05) is 6.61 Å². The number of ether oxygens (including phenoxy) is 5. The van der Waals surface area contributed by atoms with Gasteiger partial charge in [0.1, 0.15) is 23.9 Å². The van der Waals surface area contributed by atoms with Gasteiger partial charge in [0.15, 0.2) is 23.6 Å². The second kappa shape index (κ2) is 17.1. The van der Waals surface area contributed by atoms with Gasteiger partial charge in [0.2, 0.25) is 5.91 Å². The Morgan fingerprint density at radius 2 is 1.46 bits per heavy atom. The fourth-order valence-corrected chi connectivity index (χ4v) is 10.4. The highest BCUT2D eigenvalue weighted by molar-refractivity contribution is 5.95. The summed E-state index contributed by atoms with van der Waals surface area (Å²) in [5.74, 6) is -6.73. The largest absolute Gasteiger partial charge is 0.456 e. The van der Waals surface area contributed by atoms with Gasteiger partial charge in [0.05, 0.1) is 42.1 Å². The third-order valence-corrected chi connectivity index (χ3v) is 13.7. The molecule has 0 spiro atoms. The van der Waals surface area contributed by atoms with Crippen molar-refractivity contribution in [3.63, 3.8) is 0 Å². The smallest absolute Gasteiger partial charge is 0.338 e. The number of esters is 4. The Labute approximate surface area is 364 Å². The molecule has 334 valence electrons. The lowest BCUT2D eigenvalue weighted by Gasteiger charge is -2.67. The topological polar surface area (TPSA) is 221 Å². The molecule has 3 fully saturated rings. The molecule has 1 aliphatic heterocycles. The maximum absolute atomic E-state index is 15.5. The number of aliphatic hydroxyl groups is 3. The molecule has 15 heteroatoms. The van der Waals surface area contributed by atoms with Gasteiger partial charge in [-0.2, -0.15) is 0 Å². The van der Waals surface area contributed by atoms with E-state index in [-0.39, 0.29) is 36.2 Å². The zero-order valence-corrected chi connectivity index (χ0v) is 35.9. The molecular weight excluding hydrogens is 815 g/mol. The van der Waals surface area contributed by atoms with Crippen LogP contribution in [-0.4, -0.2) is 105 Å². The van der Waals surface area contributed by atoms with Crippen molar-refractivity contribution in [2.24, 2.45) is 16.7 Å². The summed E-state index contributed by atoms with van der Waals surface area (Å²) >= 11 is 0. The maximum Gasteiger partial charge on any atom is 0.338 e. The van der Waals surface area contributed by atoms with Crippen molar-refractivity contribution >= 4 is 35.6 Å². The standard InChI is InChI=1S/C48H53NO14/c1-26-32(61-44(57)38(54)37(30-18-12-8-13-19-30)49-35(53)22-29-16-10-7-11-17-29)24-48(58)42(62-43(56)31-20-14-9-15-21-31)40-46(6,33(52)23-34-47(40,25-59-34)63-28(3)51)41(55)39(60-27(2)50)36(26)45(48,4)5/h7-21,32-34,37-40,42,52,54,58H,22-25H2,1-6H3,(H,49,53)/t32-,33+,34+,37+,38-,39-,40+,42+,46-,47+,48+/m1/s1. The summed E-state index contributed by atoms with van der Waals surface area (Å²) < 4.78 is 30.3. The van der Waals surface area contributed by atoms with Crippen LogP contribution in [0, 0.1) is 16.7 Å². The first-order valence-electron chi connectivity index (χ1n) is 20.9. The Morgan fingerprint density at radius 1 is 0.857 bits per heavy atom. The number of amides is 1. The lowest BCUT2D eigenvalue weighted by molar-refractivity contribution is -0.346. The Morgan fingerprint density at radius 3 is 2.03 bits per heavy atom. The van der Waals surface area contributed by atoms with E-state index < -0.39 is 113 Å². The number of benzene rings is 3. The molecule has 3 aromatic carbocycles. The highest BCUT2D eigenvalue weighted by Gasteiger charge is 2.78. The van der Waals surface area contributed by atoms with Gasteiger partial charge in [-0.15, -0.1) is 0 Å². The Bertz CT molecular complexity index is 2300. The summed E-state index contributed by atoms with van der Waals surface area (Å²) in [6.07, 6.45) is -10.5. The third kappa shape index (κ3) is 7.85. The van der Waals surface area contributed by atoms with E-state index in [4.69, 9.17) is 23.7 Å². The molecule has 2 bridgehead atoms. The summed E-state index contributed by atoms with van der Waals surface area (Å²) in [5, 5.41) is 40.3. The quantitative estimate of drug-likeness (QED) is 0.123. The summed E-state index contributed by atoms with van der Waals surface area (Å²) in [4.78, 5) is 83.5. The lowest BCUT2D eigenvalue weighted by Crippen LogP contribution is -2.82. The van der Waals surface area contributed by atoms with Crippen LogP contribution >= 0.6 is 0 Å². The number of carbonyl (C=O) groups is 6. The van der Waals surface area contributed by atoms with Crippen LogP contribution in [0.15, 0.2) is 102 Å². The van der Waals surface area contributed by atoms with Crippen molar-refractivity contribution < 1.29 is 67.8 Å². The van der Waals surface area contributed by atoms with E-state index in [0.717, 1.165) is 13.8 Å². The number of ketones is 1. The number of hydrogen-bond acceptors (Lipinski definition) is 14. The molecule has 1 heterocycles. The molecular formula is C48H53NO14. The number of aliphatic hydroxyl groups excluding tert-OH is 2. The molecule has 63 heavy (non-hydrogen) atoms.